The molecule has 44 heavy (non-hydrogen) atoms. The van der Waals surface area contributed by atoms with E-state index in [9.17, 15) is 4.79 Å². The second kappa shape index (κ2) is 14.2. The van der Waals surface area contributed by atoms with Crippen LogP contribution in [0.25, 0.3) is 0 Å². The quantitative estimate of drug-likeness (QED) is 0.120. The first-order valence-corrected chi connectivity index (χ1v) is 16.2. The molecule has 0 fully saturated rings. The van der Waals surface area contributed by atoms with Crippen molar-refractivity contribution in [3.8, 4) is 11.5 Å². The maximum Gasteiger partial charge on any atom is 0.255 e. The van der Waals surface area contributed by atoms with E-state index in [0.717, 1.165) is 46.5 Å². The number of nitrogens with one attached hydrogen (secondary N) is 2. The zero-order chi connectivity index (χ0) is 31.2. The van der Waals surface area contributed by atoms with E-state index in [2.05, 4.69) is 17.6 Å². The lowest BCUT2D eigenvalue weighted by Crippen LogP contribution is -2.31. The average molecular weight is 632 g/mol. The second-order valence-corrected chi connectivity index (χ2v) is 12.2. The van der Waals surface area contributed by atoms with Gasteiger partial charge in [0.25, 0.3) is 5.91 Å². The molecule has 0 aliphatic carbocycles. The third-order valence-corrected chi connectivity index (χ3v) is 8.73. The Morgan fingerprint density at radius 1 is 1.05 bits per heavy atom. The number of carbonyl (C=O) groups excluding carboxylic acids is 1. The lowest BCUT2D eigenvalue weighted by molar-refractivity contribution is -0.113. The zero-order valence-electron chi connectivity index (χ0n) is 25.7. The van der Waals surface area contributed by atoms with Crippen molar-refractivity contribution in [2.24, 2.45) is 0 Å². The highest BCUT2D eigenvalue weighted by Crippen LogP contribution is 2.40. The van der Waals surface area contributed by atoms with Crippen molar-refractivity contribution in [1.29, 1.82) is 0 Å². The Kier molecular flexibility index (Phi) is 10.2. The van der Waals surface area contributed by atoms with Gasteiger partial charge in [0, 0.05) is 22.2 Å². The summed E-state index contributed by atoms with van der Waals surface area (Å²) >= 11 is 7.67. The number of nitrogens with zero attached hydrogens (tertiary/aromatic N) is 3. The van der Waals surface area contributed by atoms with Crippen molar-refractivity contribution in [3.05, 3.63) is 99.2 Å². The van der Waals surface area contributed by atoms with E-state index in [1.807, 2.05) is 88.4 Å². The van der Waals surface area contributed by atoms with Crippen molar-refractivity contribution in [1.82, 2.24) is 14.8 Å². The number of carbonyl (C=O) groups is 1. The first-order valence-electron chi connectivity index (χ1n) is 14.9. The summed E-state index contributed by atoms with van der Waals surface area (Å²) in [6, 6.07) is 18.7. The Morgan fingerprint density at radius 3 is 2.59 bits per heavy atom. The van der Waals surface area contributed by atoms with Gasteiger partial charge in [0.15, 0.2) is 11.5 Å². The Labute approximate surface area is 268 Å². The molecule has 1 aliphatic rings. The Balaban J connectivity index is 1.52. The molecule has 5 rings (SSSR count). The van der Waals surface area contributed by atoms with E-state index < -0.39 is 6.04 Å². The molecule has 1 atom stereocenters. The number of unbranched alkanes of at least 4 members (excludes halogenated alkanes) is 1. The third-order valence-electron chi connectivity index (χ3n) is 7.55. The van der Waals surface area contributed by atoms with Gasteiger partial charge in [0.2, 0.25) is 11.1 Å². The summed E-state index contributed by atoms with van der Waals surface area (Å²) in [5.74, 6) is 2.50. The first-order chi connectivity index (χ1) is 21.3. The van der Waals surface area contributed by atoms with Crippen LogP contribution in [0.4, 0.5) is 11.6 Å². The maximum atomic E-state index is 14.1. The van der Waals surface area contributed by atoms with Gasteiger partial charge in [-0.1, -0.05) is 67.0 Å². The molecule has 0 spiro atoms. The Bertz CT molecular complexity index is 1670. The van der Waals surface area contributed by atoms with Crippen LogP contribution < -0.4 is 20.1 Å². The van der Waals surface area contributed by atoms with Crippen molar-refractivity contribution in [2.75, 3.05) is 23.0 Å². The molecule has 1 aromatic heterocycles. The van der Waals surface area contributed by atoms with Gasteiger partial charge in [0.05, 0.1) is 12.2 Å². The van der Waals surface area contributed by atoms with Crippen molar-refractivity contribution in [3.63, 3.8) is 0 Å². The van der Waals surface area contributed by atoms with E-state index in [0.29, 0.717) is 52.1 Å². The smallest absolute Gasteiger partial charge is 0.255 e. The van der Waals surface area contributed by atoms with Crippen LogP contribution in [0.3, 0.4) is 0 Å². The Hall–Kier alpha value is -3.95. The monoisotopic (exact) mass is 631 g/mol. The number of rotatable bonds is 12. The summed E-state index contributed by atoms with van der Waals surface area (Å²) in [5, 5.41) is 12.7. The van der Waals surface area contributed by atoms with Gasteiger partial charge in [0.1, 0.15) is 12.6 Å². The molecule has 2 heterocycles. The summed E-state index contributed by atoms with van der Waals surface area (Å²) in [4.78, 5) is 18.8. The number of aromatic nitrogens is 3. The number of benzene rings is 3. The van der Waals surface area contributed by atoms with Crippen LogP contribution in [0.1, 0.15) is 61.9 Å². The van der Waals surface area contributed by atoms with E-state index in [4.69, 9.17) is 31.2 Å². The molecule has 0 bridgehead atoms. The van der Waals surface area contributed by atoms with Crippen LogP contribution in [-0.2, 0) is 11.4 Å². The Morgan fingerprint density at radius 2 is 1.84 bits per heavy atom. The molecule has 4 aromatic rings. The molecule has 3 aromatic carbocycles. The fraction of sp³-hybridized carbons (Fsp3) is 0.324. The van der Waals surface area contributed by atoms with Crippen LogP contribution in [0.15, 0.2) is 77.1 Å². The molecule has 10 heteroatoms. The lowest BCUT2D eigenvalue weighted by atomic mass is 9.94. The number of allylic oxidation sites excluding steroid dienone is 1. The van der Waals surface area contributed by atoms with Gasteiger partial charge in [-0.25, -0.2) is 4.68 Å². The summed E-state index contributed by atoms with van der Waals surface area (Å²) < 4.78 is 14.0. The van der Waals surface area contributed by atoms with Crippen LogP contribution in [-0.4, -0.2) is 33.0 Å². The minimum absolute atomic E-state index is 0.212. The molecule has 2 N–H and O–H groups in total. The number of thioether (sulfide) groups is 1. The highest BCUT2D eigenvalue weighted by atomic mass is 35.5. The van der Waals surface area contributed by atoms with Gasteiger partial charge in [-0.05, 0) is 86.7 Å². The van der Waals surface area contributed by atoms with Gasteiger partial charge in [-0.3, -0.25) is 4.79 Å². The van der Waals surface area contributed by atoms with Gasteiger partial charge < -0.3 is 20.1 Å². The van der Waals surface area contributed by atoms with Crippen molar-refractivity contribution < 1.29 is 14.3 Å². The second-order valence-electron chi connectivity index (χ2n) is 10.7. The van der Waals surface area contributed by atoms with Crippen LogP contribution in [0.5, 0.6) is 11.5 Å². The molecule has 1 unspecified atom stereocenters. The number of fused-ring (bicyclic) bond motifs is 1. The first kappa shape index (κ1) is 31.5. The molecule has 0 saturated carbocycles. The summed E-state index contributed by atoms with van der Waals surface area (Å²) in [6.45, 7) is 10.9. The number of ether oxygens (including phenoxy) is 2. The van der Waals surface area contributed by atoms with Crippen LogP contribution >= 0.6 is 23.4 Å². The fourth-order valence-electron chi connectivity index (χ4n) is 5.00. The normalized spacial score (nSPS) is 14.2. The number of anilines is 2. The zero-order valence-corrected chi connectivity index (χ0v) is 27.3. The highest BCUT2D eigenvalue weighted by molar-refractivity contribution is 7.99. The van der Waals surface area contributed by atoms with E-state index >= 15 is 0 Å². The predicted octanol–water partition coefficient (Wildman–Crippen LogP) is 8.35. The number of hydrogen-bond donors (Lipinski definition) is 2. The SMILES string of the molecule is CCCCSc1nc2n(n1)C(c1ccc(OCc3ccc(Cl)cc3)c(OCC)c1)C(C(=O)Nc1cccc(C)c1C)=C(C)N2. The van der Waals surface area contributed by atoms with E-state index in [1.54, 1.807) is 16.4 Å². The fourth-order valence-corrected chi connectivity index (χ4v) is 6.04. The molecular formula is C34H38ClN5O3S. The minimum Gasteiger partial charge on any atom is -0.490 e. The molecule has 230 valence electrons. The molecule has 8 nitrogen and oxygen atoms in total. The van der Waals surface area contributed by atoms with Crippen LogP contribution in [0, 0.1) is 13.8 Å². The highest BCUT2D eigenvalue weighted by Gasteiger charge is 2.35. The van der Waals surface area contributed by atoms with Crippen molar-refractivity contribution >= 4 is 40.9 Å². The van der Waals surface area contributed by atoms with Crippen molar-refractivity contribution in [2.45, 2.75) is 65.3 Å². The van der Waals surface area contributed by atoms with Gasteiger partial charge in [-0.15, -0.1) is 5.10 Å². The standard InChI is InChI=1S/C34H38ClN5O3S/c1-6-8-18-44-34-38-33-36-23(5)30(32(41)37-27-11-9-10-21(3)22(27)4)31(40(33)39-34)25-14-17-28(29(19-25)42-7-2)43-20-24-12-15-26(35)16-13-24/h9-17,19,31H,6-8,18,20H2,1-5H3,(H,37,41)(H,36,38,39). The maximum absolute atomic E-state index is 14.1. The molecule has 0 saturated heterocycles. The molecule has 1 aliphatic heterocycles. The topological polar surface area (TPSA) is 90.3 Å². The van der Waals surface area contributed by atoms with E-state index in [1.165, 1.54) is 0 Å². The number of halogens is 1. The van der Waals surface area contributed by atoms with Gasteiger partial charge in [-0.2, -0.15) is 4.98 Å². The lowest BCUT2D eigenvalue weighted by Gasteiger charge is -2.29. The summed E-state index contributed by atoms with van der Waals surface area (Å²) in [7, 11) is 0. The molecule has 0 radical (unpaired) electrons. The minimum atomic E-state index is -0.547. The van der Waals surface area contributed by atoms with Crippen LogP contribution in [0.2, 0.25) is 5.02 Å². The third kappa shape index (κ3) is 7.05. The average Bonchev–Trinajstić information content (AvgIpc) is 3.41. The predicted molar refractivity (Wildman–Crippen MR) is 178 cm³/mol. The van der Waals surface area contributed by atoms with Gasteiger partial charge >= 0.3 is 0 Å². The number of aryl methyl sites for hydroxylation is 1. The van der Waals surface area contributed by atoms with E-state index in [-0.39, 0.29) is 5.91 Å². The molecular weight excluding hydrogens is 594 g/mol. The number of amides is 1. The molecule has 1 amide bonds. The number of hydrogen-bond acceptors (Lipinski definition) is 7. The summed E-state index contributed by atoms with van der Waals surface area (Å²) in [6.07, 6.45) is 2.17. The summed E-state index contributed by atoms with van der Waals surface area (Å²) in [5.41, 5.74) is 5.98. The largest absolute Gasteiger partial charge is 0.490 e.